The van der Waals surface area contributed by atoms with Crippen molar-refractivity contribution in [1.29, 1.82) is 0 Å². The quantitative estimate of drug-likeness (QED) is 0.446. The molecule has 0 atom stereocenters. The van der Waals surface area contributed by atoms with E-state index in [4.69, 9.17) is 0 Å². The van der Waals surface area contributed by atoms with Crippen molar-refractivity contribution in [3.8, 4) is 5.75 Å². The molecule has 1 aliphatic rings. The van der Waals surface area contributed by atoms with Crippen LogP contribution in [0.2, 0.25) is 0 Å². The number of aryl methyl sites for hydroxylation is 1. The van der Waals surface area contributed by atoms with Crippen LogP contribution in [-0.2, 0) is 32.9 Å². The van der Waals surface area contributed by atoms with Crippen molar-refractivity contribution in [1.82, 2.24) is 9.97 Å². The number of ether oxygens (including phenoxy) is 4. The number of alkyl halides is 7. The normalized spacial score (nSPS) is 19.6. The first-order chi connectivity index (χ1) is 16.2. The molecule has 1 saturated heterocycles. The maximum absolute atomic E-state index is 14.3. The number of nitrogens with zero attached hydrogens (tertiary/aromatic N) is 2. The molecule has 2 heterocycles. The summed E-state index contributed by atoms with van der Waals surface area (Å²) in [5.41, 5.74) is -1.67. The van der Waals surface area contributed by atoms with Crippen LogP contribution in [0.3, 0.4) is 0 Å². The maximum Gasteiger partial charge on any atom is 0.451 e. The van der Waals surface area contributed by atoms with E-state index < -0.39 is 72.8 Å². The molecule has 15 heteroatoms. The number of hydrogen-bond donors (Lipinski definition) is 0. The van der Waals surface area contributed by atoms with Crippen LogP contribution in [-0.4, -0.2) is 41.7 Å². The molecule has 0 amide bonds. The van der Waals surface area contributed by atoms with Gasteiger partial charge in [0.2, 0.25) is 5.82 Å². The van der Waals surface area contributed by atoms with Crippen LogP contribution < -0.4 is 4.74 Å². The largest absolute Gasteiger partial charge is 0.451 e. The zero-order valence-corrected chi connectivity index (χ0v) is 17.7. The van der Waals surface area contributed by atoms with Crippen LogP contribution in [0.4, 0.5) is 39.5 Å². The Labute approximate surface area is 192 Å². The molecule has 0 radical (unpaired) electrons. The van der Waals surface area contributed by atoms with Gasteiger partial charge in [0.1, 0.15) is 29.1 Å². The number of hydrogen-bond acceptors (Lipinski definition) is 6. The summed E-state index contributed by atoms with van der Waals surface area (Å²) in [5, 5.41) is 0. The van der Waals surface area contributed by atoms with Crippen molar-refractivity contribution in [3.63, 3.8) is 0 Å². The SMILES string of the molecule is CCCc1cnc(C(F)(F)OC2COC(C(F)(F)Oc3cc(F)c(C(F)(F)F)c(F)c3)OC2)nc1. The van der Waals surface area contributed by atoms with Gasteiger partial charge in [0.25, 0.3) is 6.29 Å². The molecule has 1 aromatic carbocycles. The van der Waals surface area contributed by atoms with E-state index in [1.54, 1.807) is 0 Å². The van der Waals surface area contributed by atoms with Gasteiger partial charge in [-0.3, -0.25) is 0 Å². The Bertz CT molecular complexity index is 988. The Morgan fingerprint density at radius 1 is 0.943 bits per heavy atom. The van der Waals surface area contributed by atoms with E-state index >= 15 is 0 Å². The summed E-state index contributed by atoms with van der Waals surface area (Å²) in [6.07, 6.45) is -14.3. The molecule has 6 nitrogen and oxygen atoms in total. The first-order valence-electron chi connectivity index (χ1n) is 9.96. The van der Waals surface area contributed by atoms with Gasteiger partial charge in [0, 0.05) is 24.5 Å². The van der Waals surface area contributed by atoms with Gasteiger partial charge in [-0.2, -0.15) is 30.7 Å². The minimum absolute atomic E-state index is 0.0963. The second-order valence-electron chi connectivity index (χ2n) is 7.34. The minimum Gasteiger partial charge on any atom is -0.429 e. The summed E-state index contributed by atoms with van der Waals surface area (Å²) in [6.45, 7) is 0.183. The maximum atomic E-state index is 14.3. The lowest BCUT2D eigenvalue weighted by Gasteiger charge is -2.34. The molecule has 1 aromatic heterocycles. The molecule has 0 aliphatic carbocycles. The molecule has 0 unspecified atom stereocenters. The van der Waals surface area contributed by atoms with Crippen molar-refractivity contribution in [2.75, 3.05) is 13.2 Å². The standard InChI is InChI=1S/C20H17F9N2O4/c1-2-3-10-6-30-16(31-7-10)19(26,27)35-12-8-32-17(33-9-12)20(28,29)34-11-4-13(21)15(14(22)5-11)18(23,24)25/h4-7,12,17H,2-3,8-9H2,1H3. The van der Waals surface area contributed by atoms with Gasteiger partial charge >= 0.3 is 18.4 Å². The van der Waals surface area contributed by atoms with E-state index in [1.807, 2.05) is 6.92 Å². The lowest BCUT2D eigenvalue weighted by atomic mass is 10.2. The van der Waals surface area contributed by atoms with E-state index in [0.717, 1.165) is 6.42 Å². The molecule has 0 spiro atoms. The lowest BCUT2D eigenvalue weighted by Crippen LogP contribution is -2.50. The number of benzene rings is 1. The van der Waals surface area contributed by atoms with Crippen molar-refractivity contribution >= 4 is 0 Å². The van der Waals surface area contributed by atoms with Gasteiger partial charge in [-0.05, 0) is 12.0 Å². The summed E-state index contributed by atoms with van der Waals surface area (Å²) in [7, 11) is 0. The van der Waals surface area contributed by atoms with Crippen LogP contribution in [0.1, 0.15) is 30.3 Å². The fourth-order valence-electron chi connectivity index (χ4n) is 3.02. The van der Waals surface area contributed by atoms with Crippen LogP contribution >= 0.6 is 0 Å². The predicted octanol–water partition coefficient (Wildman–Crippen LogP) is 5.21. The average Bonchev–Trinajstić information content (AvgIpc) is 2.72. The second-order valence-corrected chi connectivity index (χ2v) is 7.34. The van der Waals surface area contributed by atoms with Crippen LogP contribution in [0, 0.1) is 11.6 Å². The third kappa shape index (κ3) is 6.52. The fraction of sp³-hybridized carbons (Fsp3) is 0.500. The second kappa shape index (κ2) is 10.1. The molecule has 2 aromatic rings. The lowest BCUT2D eigenvalue weighted by molar-refractivity contribution is -0.378. The van der Waals surface area contributed by atoms with Gasteiger partial charge in [0.05, 0.1) is 13.2 Å². The molecule has 1 fully saturated rings. The molecule has 194 valence electrons. The van der Waals surface area contributed by atoms with Crippen molar-refractivity contribution in [3.05, 3.63) is 53.1 Å². The van der Waals surface area contributed by atoms with Gasteiger partial charge in [0.15, 0.2) is 0 Å². The van der Waals surface area contributed by atoms with Crippen LogP contribution in [0.5, 0.6) is 5.75 Å². The average molecular weight is 520 g/mol. The van der Waals surface area contributed by atoms with Gasteiger partial charge in [-0.25, -0.2) is 18.7 Å². The Hall–Kier alpha value is -2.65. The summed E-state index contributed by atoms with van der Waals surface area (Å²) >= 11 is 0. The van der Waals surface area contributed by atoms with Crippen molar-refractivity contribution in [2.24, 2.45) is 0 Å². The van der Waals surface area contributed by atoms with E-state index in [9.17, 15) is 39.5 Å². The highest BCUT2D eigenvalue weighted by atomic mass is 19.4. The molecule has 3 rings (SSSR count). The molecule has 0 N–H and O–H groups in total. The molecular weight excluding hydrogens is 503 g/mol. The Morgan fingerprint density at radius 3 is 1.97 bits per heavy atom. The minimum atomic E-state index is -5.41. The third-order valence-electron chi connectivity index (χ3n) is 4.51. The number of halogens is 9. The number of aromatic nitrogens is 2. The summed E-state index contributed by atoms with van der Waals surface area (Å²) in [5.74, 6) is -6.64. The zero-order chi connectivity index (χ0) is 26.0. The monoisotopic (exact) mass is 520 g/mol. The number of rotatable bonds is 8. The fourth-order valence-corrected chi connectivity index (χ4v) is 3.02. The highest BCUT2D eigenvalue weighted by Crippen LogP contribution is 2.37. The van der Waals surface area contributed by atoms with Crippen molar-refractivity contribution < 1.29 is 58.5 Å². The van der Waals surface area contributed by atoms with E-state index in [2.05, 4.69) is 28.9 Å². The molecule has 0 bridgehead atoms. The topological polar surface area (TPSA) is 62.7 Å². The zero-order valence-electron chi connectivity index (χ0n) is 17.7. The molecule has 0 saturated carbocycles. The van der Waals surface area contributed by atoms with E-state index in [-0.39, 0.29) is 12.1 Å². The first kappa shape index (κ1) is 26.9. The smallest absolute Gasteiger partial charge is 0.429 e. The third-order valence-corrected chi connectivity index (χ3v) is 4.51. The summed E-state index contributed by atoms with van der Waals surface area (Å²) in [6, 6.07) is -0.193. The van der Waals surface area contributed by atoms with Gasteiger partial charge < -0.3 is 18.9 Å². The molecular formula is C20H17F9N2O4. The first-order valence-corrected chi connectivity index (χ1v) is 9.96. The highest BCUT2D eigenvalue weighted by Gasteiger charge is 2.50. The van der Waals surface area contributed by atoms with Gasteiger partial charge in [-0.1, -0.05) is 13.3 Å². The molecule has 1 aliphatic heterocycles. The Kier molecular flexibility index (Phi) is 7.81. The molecule has 35 heavy (non-hydrogen) atoms. The van der Waals surface area contributed by atoms with Gasteiger partial charge in [-0.15, -0.1) is 0 Å². The Morgan fingerprint density at radius 2 is 1.49 bits per heavy atom. The highest BCUT2D eigenvalue weighted by molar-refractivity contribution is 5.32. The van der Waals surface area contributed by atoms with Crippen LogP contribution in [0.25, 0.3) is 0 Å². The Balaban J connectivity index is 1.60. The summed E-state index contributed by atoms with van der Waals surface area (Å²) < 4.78 is 140. The van der Waals surface area contributed by atoms with E-state index in [1.165, 1.54) is 12.4 Å². The van der Waals surface area contributed by atoms with Crippen LogP contribution in [0.15, 0.2) is 24.5 Å². The van der Waals surface area contributed by atoms with Crippen molar-refractivity contribution in [2.45, 2.75) is 50.6 Å². The summed E-state index contributed by atoms with van der Waals surface area (Å²) in [4.78, 5) is 7.06. The van der Waals surface area contributed by atoms with E-state index in [0.29, 0.717) is 12.0 Å². The predicted molar refractivity (Wildman–Crippen MR) is 97.4 cm³/mol.